The molecule has 1 atom stereocenters. The van der Waals surface area contributed by atoms with Gasteiger partial charge in [-0.2, -0.15) is 5.10 Å². The number of nitrogens with zero attached hydrogens (tertiary/aromatic N) is 2. The van der Waals surface area contributed by atoms with Crippen molar-refractivity contribution in [1.29, 1.82) is 0 Å². The SMILES string of the molecule is CCNC(C)c1ccc(OCCn2cccn2)c(Cl)c1. The van der Waals surface area contributed by atoms with Gasteiger partial charge in [-0.15, -0.1) is 0 Å². The van der Waals surface area contributed by atoms with Crippen molar-refractivity contribution in [1.82, 2.24) is 15.1 Å². The molecule has 0 amide bonds. The molecule has 2 aromatic rings. The summed E-state index contributed by atoms with van der Waals surface area (Å²) >= 11 is 6.26. The molecule has 0 aliphatic heterocycles. The summed E-state index contributed by atoms with van der Waals surface area (Å²) in [6.07, 6.45) is 3.66. The molecule has 1 aromatic carbocycles. The van der Waals surface area contributed by atoms with E-state index in [9.17, 15) is 0 Å². The van der Waals surface area contributed by atoms with Crippen LogP contribution in [0.1, 0.15) is 25.5 Å². The van der Waals surface area contributed by atoms with E-state index in [1.807, 2.05) is 35.1 Å². The Morgan fingerprint density at radius 3 is 2.95 bits per heavy atom. The zero-order chi connectivity index (χ0) is 14.4. The van der Waals surface area contributed by atoms with Gasteiger partial charge in [0.2, 0.25) is 0 Å². The quantitative estimate of drug-likeness (QED) is 0.851. The molecule has 0 saturated carbocycles. The second kappa shape index (κ2) is 7.31. The van der Waals surface area contributed by atoms with E-state index in [2.05, 4.69) is 24.3 Å². The Kier molecular flexibility index (Phi) is 5.44. The Bertz CT molecular complexity index is 528. The van der Waals surface area contributed by atoms with E-state index < -0.39 is 0 Å². The summed E-state index contributed by atoms with van der Waals surface area (Å²) in [7, 11) is 0. The topological polar surface area (TPSA) is 39.1 Å². The van der Waals surface area contributed by atoms with Crippen molar-refractivity contribution < 1.29 is 4.74 Å². The maximum atomic E-state index is 6.26. The minimum Gasteiger partial charge on any atom is -0.490 e. The number of rotatable bonds is 7. The third kappa shape index (κ3) is 3.99. The van der Waals surface area contributed by atoms with Crippen LogP contribution in [0.3, 0.4) is 0 Å². The predicted molar refractivity (Wildman–Crippen MR) is 81.3 cm³/mol. The molecule has 2 rings (SSSR count). The summed E-state index contributed by atoms with van der Waals surface area (Å²) in [5, 5.41) is 8.13. The summed E-state index contributed by atoms with van der Waals surface area (Å²) in [6.45, 7) is 6.39. The van der Waals surface area contributed by atoms with Crippen LogP contribution in [0.25, 0.3) is 0 Å². The summed E-state index contributed by atoms with van der Waals surface area (Å²) in [5.41, 5.74) is 1.16. The number of hydrogen-bond donors (Lipinski definition) is 1. The first kappa shape index (κ1) is 14.9. The van der Waals surface area contributed by atoms with Crippen LogP contribution in [0.5, 0.6) is 5.75 Å². The van der Waals surface area contributed by atoms with Crippen LogP contribution >= 0.6 is 11.6 Å². The standard InChI is InChI=1S/C15H20ClN3O/c1-3-17-12(2)13-5-6-15(14(16)11-13)20-10-9-19-8-4-7-18-19/h4-8,11-12,17H,3,9-10H2,1-2H3. The monoisotopic (exact) mass is 293 g/mol. The Hall–Kier alpha value is -1.52. The second-order valence-electron chi connectivity index (χ2n) is 4.59. The summed E-state index contributed by atoms with van der Waals surface area (Å²) in [4.78, 5) is 0. The van der Waals surface area contributed by atoms with Crippen LogP contribution in [0, 0.1) is 0 Å². The third-order valence-corrected chi connectivity index (χ3v) is 3.40. The van der Waals surface area contributed by atoms with Crippen molar-refractivity contribution >= 4 is 11.6 Å². The molecule has 4 nitrogen and oxygen atoms in total. The van der Waals surface area contributed by atoms with Gasteiger partial charge in [0.15, 0.2) is 0 Å². The molecule has 0 aliphatic carbocycles. The van der Waals surface area contributed by atoms with Crippen LogP contribution < -0.4 is 10.1 Å². The molecule has 1 aromatic heterocycles. The Labute approximate surface area is 124 Å². The molecule has 20 heavy (non-hydrogen) atoms. The van der Waals surface area contributed by atoms with Crippen molar-refractivity contribution in [2.24, 2.45) is 0 Å². The predicted octanol–water partition coefficient (Wildman–Crippen LogP) is 3.29. The molecule has 0 radical (unpaired) electrons. The van der Waals surface area contributed by atoms with Crippen molar-refractivity contribution in [3.8, 4) is 5.75 Å². The average Bonchev–Trinajstić information content (AvgIpc) is 2.94. The zero-order valence-corrected chi connectivity index (χ0v) is 12.6. The highest BCUT2D eigenvalue weighted by Crippen LogP contribution is 2.27. The Morgan fingerprint density at radius 1 is 1.45 bits per heavy atom. The van der Waals surface area contributed by atoms with E-state index in [0.717, 1.165) is 12.1 Å². The van der Waals surface area contributed by atoms with Crippen LogP contribution in [0.15, 0.2) is 36.7 Å². The number of ether oxygens (including phenoxy) is 1. The van der Waals surface area contributed by atoms with E-state index in [-0.39, 0.29) is 6.04 Å². The highest BCUT2D eigenvalue weighted by atomic mass is 35.5. The highest BCUT2D eigenvalue weighted by molar-refractivity contribution is 6.32. The molecule has 0 saturated heterocycles. The molecule has 0 spiro atoms. The van der Waals surface area contributed by atoms with E-state index in [1.54, 1.807) is 6.20 Å². The molecule has 0 bridgehead atoms. The second-order valence-corrected chi connectivity index (χ2v) is 4.99. The summed E-state index contributed by atoms with van der Waals surface area (Å²) < 4.78 is 7.52. The molecule has 5 heteroatoms. The van der Waals surface area contributed by atoms with Crippen LogP contribution in [0.4, 0.5) is 0 Å². The lowest BCUT2D eigenvalue weighted by atomic mass is 10.1. The molecular formula is C15H20ClN3O. The van der Waals surface area contributed by atoms with Gasteiger partial charge in [-0.3, -0.25) is 4.68 Å². The number of halogens is 1. The molecule has 0 aliphatic rings. The first-order valence-electron chi connectivity index (χ1n) is 6.83. The fourth-order valence-corrected chi connectivity index (χ4v) is 2.25. The first-order valence-corrected chi connectivity index (χ1v) is 7.21. The van der Waals surface area contributed by atoms with Crippen molar-refractivity contribution in [2.45, 2.75) is 26.4 Å². The average molecular weight is 294 g/mol. The van der Waals surface area contributed by atoms with Crippen LogP contribution in [-0.4, -0.2) is 22.9 Å². The minimum absolute atomic E-state index is 0.288. The Balaban J connectivity index is 1.92. The first-order chi connectivity index (χ1) is 9.70. The maximum absolute atomic E-state index is 6.26. The third-order valence-electron chi connectivity index (χ3n) is 3.10. The van der Waals surface area contributed by atoms with Gasteiger partial charge in [-0.25, -0.2) is 0 Å². The molecule has 1 heterocycles. The molecule has 1 N–H and O–H groups in total. The van der Waals surface area contributed by atoms with Crippen molar-refractivity contribution in [3.63, 3.8) is 0 Å². The summed E-state index contributed by atoms with van der Waals surface area (Å²) in [5.74, 6) is 0.714. The minimum atomic E-state index is 0.288. The van der Waals surface area contributed by atoms with Crippen molar-refractivity contribution in [3.05, 3.63) is 47.2 Å². The molecular weight excluding hydrogens is 274 g/mol. The molecule has 108 valence electrons. The van der Waals surface area contributed by atoms with E-state index in [0.29, 0.717) is 23.9 Å². The van der Waals surface area contributed by atoms with Gasteiger partial charge in [0.05, 0.1) is 11.6 Å². The van der Waals surface area contributed by atoms with Gasteiger partial charge >= 0.3 is 0 Å². The number of benzene rings is 1. The zero-order valence-electron chi connectivity index (χ0n) is 11.8. The molecule has 0 fully saturated rings. The number of aromatic nitrogens is 2. The van der Waals surface area contributed by atoms with Gasteiger partial charge in [0, 0.05) is 18.4 Å². The lowest BCUT2D eigenvalue weighted by molar-refractivity contribution is 0.291. The normalized spacial score (nSPS) is 12.3. The lowest BCUT2D eigenvalue weighted by Gasteiger charge is -2.15. The highest BCUT2D eigenvalue weighted by Gasteiger charge is 2.08. The van der Waals surface area contributed by atoms with Gasteiger partial charge in [-0.05, 0) is 37.2 Å². The summed E-state index contributed by atoms with van der Waals surface area (Å²) in [6, 6.07) is 8.11. The maximum Gasteiger partial charge on any atom is 0.138 e. The van der Waals surface area contributed by atoms with E-state index >= 15 is 0 Å². The van der Waals surface area contributed by atoms with Gasteiger partial charge < -0.3 is 10.1 Å². The lowest BCUT2D eigenvalue weighted by Crippen LogP contribution is -2.17. The van der Waals surface area contributed by atoms with Crippen LogP contribution in [-0.2, 0) is 6.54 Å². The number of hydrogen-bond acceptors (Lipinski definition) is 3. The van der Waals surface area contributed by atoms with E-state index in [1.165, 1.54) is 0 Å². The number of nitrogens with one attached hydrogen (secondary N) is 1. The largest absolute Gasteiger partial charge is 0.490 e. The fraction of sp³-hybridized carbons (Fsp3) is 0.400. The van der Waals surface area contributed by atoms with Gasteiger partial charge in [0.1, 0.15) is 12.4 Å². The van der Waals surface area contributed by atoms with Gasteiger partial charge in [0.25, 0.3) is 0 Å². The van der Waals surface area contributed by atoms with E-state index in [4.69, 9.17) is 16.3 Å². The van der Waals surface area contributed by atoms with Gasteiger partial charge in [-0.1, -0.05) is 24.6 Å². The fourth-order valence-electron chi connectivity index (χ4n) is 2.01. The van der Waals surface area contributed by atoms with Crippen LogP contribution in [0.2, 0.25) is 5.02 Å². The molecule has 1 unspecified atom stereocenters. The van der Waals surface area contributed by atoms with Crippen molar-refractivity contribution in [2.75, 3.05) is 13.2 Å². The smallest absolute Gasteiger partial charge is 0.138 e. The Morgan fingerprint density at radius 2 is 2.30 bits per heavy atom.